The van der Waals surface area contributed by atoms with Crippen LogP contribution >= 0.6 is 11.6 Å². The molecule has 0 radical (unpaired) electrons. The number of pyridine rings is 1. The van der Waals surface area contributed by atoms with E-state index in [1.807, 2.05) is 0 Å². The summed E-state index contributed by atoms with van der Waals surface area (Å²) < 4.78 is 0. The number of benzene rings is 1. The van der Waals surface area contributed by atoms with Gasteiger partial charge in [0.1, 0.15) is 11.0 Å². The van der Waals surface area contributed by atoms with E-state index in [-0.39, 0.29) is 11.4 Å². The zero-order chi connectivity index (χ0) is 15.4. The van der Waals surface area contributed by atoms with Gasteiger partial charge in [0, 0.05) is 23.9 Å². The molecule has 1 aromatic carbocycles. The molecule has 0 unspecified atom stereocenters. The first-order valence-corrected chi connectivity index (χ1v) is 6.24. The van der Waals surface area contributed by atoms with Gasteiger partial charge in [0.25, 0.3) is 5.69 Å². The van der Waals surface area contributed by atoms with Crippen molar-refractivity contribution in [2.45, 2.75) is 0 Å². The first kappa shape index (κ1) is 14.8. The minimum absolute atomic E-state index is 0.0479. The first-order valence-electron chi connectivity index (χ1n) is 5.86. The molecule has 0 bridgehead atoms. The van der Waals surface area contributed by atoms with Crippen LogP contribution in [-0.4, -0.2) is 9.91 Å². The summed E-state index contributed by atoms with van der Waals surface area (Å²) in [6, 6.07) is 10.9. The number of hydrogen-bond donors (Lipinski definition) is 2. The number of rotatable bonds is 4. The largest absolute Gasteiger partial charge is 0.397 e. The highest BCUT2D eigenvalue weighted by Gasteiger charge is 2.08. The quantitative estimate of drug-likeness (QED) is 0.388. The van der Waals surface area contributed by atoms with Crippen LogP contribution in [0.3, 0.4) is 0 Å². The Morgan fingerprint density at radius 2 is 2.05 bits per heavy atom. The molecule has 0 saturated heterocycles. The van der Waals surface area contributed by atoms with Gasteiger partial charge in [-0.05, 0) is 12.1 Å². The predicted octanol–water partition coefficient (Wildman–Crippen LogP) is 2.28. The van der Waals surface area contributed by atoms with Gasteiger partial charge in [0.2, 0.25) is 0 Å². The minimum Gasteiger partial charge on any atom is -0.397 e. The molecule has 1 heterocycles. The monoisotopic (exact) mass is 305 g/mol. The van der Waals surface area contributed by atoms with E-state index in [4.69, 9.17) is 23.2 Å². The van der Waals surface area contributed by atoms with Crippen molar-refractivity contribution in [2.75, 3.05) is 5.01 Å². The van der Waals surface area contributed by atoms with Crippen molar-refractivity contribution in [1.29, 1.82) is 0 Å². The van der Waals surface area contributed by atoms with E-state index in [9.17, 15) is 10.1 Å². The van der Waals surface area contributed by atoms with Crippen molar-refractivity contribution in [3.8, 4) is 0 Å². The molecule has 1 aromatic heterocycles. The number of aromatic nitrogens is 1. The Balaban J connectivity index is 2.28. The maximum Gasteiger partial charge on any atom is 0.270 e. The van der Waals surface area contributed by atoms with Crippen LogP contribution in [0.4, 0.5) is 11.5 Å². The number of anilines is 1. The van der Waals surface area contributed by atoms with Crippen molar-refractivity contribution in [2.24, 2.45) is 11.6 Å². The van der Waals surface area contributed by atoms with Crippen LogP contribution in [0.2, 0.25) is 5.15 Å². The molecular formula is C13H12ClN5O2. The summed E-state index contributed by atoms with van der Waals surface area (Å²) in [5, 5.41) is 12.2. The third-order valence-electron chi connectivity index (χ3n) is 2.63. The third-order valence-corrected chi connectivity index (χ3v) is 2.84. The summed E-state index contributed by atoms with van der Waals surface area (Å²) in [7, 11) is 0. The molecule has 0 atom stereocenters. The highest BCUT2D eigenvalue weighted by molar-refractivity contribution is 6.29. The van der Waals surface area contributed by atoms with Crippen molar-refractivity contribution >= 4 is 28.8 Å². The van der Waals surface area contributed by atoms with Gasteiger partial charge >= 0.3 is 0 Å². The number of nitrogens with two attached hydrogens (primary N) is 2. The lowest BCUT2D eigenvalue weighted by Crippen LogP contribution is -2.26. The Morgan fingerprint density at radius 3 is 2.71 bits per heavy atom. The Hall–Kier alpha value is -2.64. The molecule has 4 N–H and O–H groups in total. The molecule has 108 valence electrons. The molecule has 0 aliphatic heterocycles. The highest BCUT2D eigenvalue weighted by atomic mass is 35.5. The maximum atomic E-state index is 10.7. The summed E-state index contributed by atoms with van der Waals surface area (Å²) in [5.41, 5.74) is 6.60. The summed E-state index contributed by atoms with van der Waals surface area (Å²) in [5.74, 6) is 6.22. The van der Waals surface area contributed by atoms with Crippen LogP contribution < -0.4 is 16.6 Å². The van der Waals surface area contributed by atoms with E-state index < -0.39 is 4.92 Å². The van der Waals surface area contributed by atoms with Gasteiger partial charge in [-0.3, -0.25) is 15.1 Å². The second kappa shape index (κ2) is 6.21. The Morgan fingerprint density at radius 1 is 1.33 bits per heavy atom. The van der Waals surface area contributed by atoms with Crippen molar-refractivity contribution < 1.29 is 4.92 Å². The smallest absolute Gasteiger partial charge is 0.270 e. The van der Waals surface area contributed by atoms with Crippen LogP contribution in [-0.2, 0) is 0 Å². The number of nitro benzene ring substituents is 1. The van der Waals surface area contributed by atoms with Gasteiger partial charge in [-0.15, -0.1) is 0 Å². The van der Waals surface area contributed by atoms with E-state index in [0.29, 0.717) is 16.5 Å². The normalized spacial score (nSPS) is 11.2. The summed E-state index contributed by atoms with van der Waals surface area (Å²) in [4.78, 5) is 14.3. The van der Waals surface area contributed by atoms with E-state index in [1.165, 1.54) is 23.3 Å². The van der Waals surface area contributed by atoms with Gasteiger partial charge in [-0.1, -0.05) is 29.8 Å². The average molecular weight is 306 g/mol. The van der Waals surface area contributed by atoms with Crippen LogP contribution in [0, 0.1) is 10.1 Å². The molecule has 21 heavy (non-hydrogen) atoms. The molecule has 0 fully saturated rings. The fourth-order valence-corrected chi connectivity index (χ4v) is 1.79. The van der Waals surface area contributed by atoms with Crippen LogP contribution in [0.1, 0.15) is 5.56 Å². The molecule has 0 amide bonds. The number of non-ortho nitro benzene ring substituents is 1. The maximum absolute atomic E-state index is 10.7. The summed E-state index contributed by atoms with van der Waals surface area (Å²) in [6.07, 6.45) is 1.41. The number of hydrogen-bond acceptors (Lipinski definition) is 6. The summed E-state index contributed by atoms with van der Waals surface area (Å²) >= 11 is 5.78. The second-order valence-corrected chi connectivity index (χ2v) is 4.50. The average Bonchev–Trinajstić information content (AvgIpc) is 2.47. The van der Waals surface area contributed by atoms with Crippen molar-refractivity contribution in [1.82, 2.24) is 4.98 Å². The predicted molar refractivity (Wildman–Crippen MR) is 81.2 cm³/mol. The molecule has 8 heteroatoms. The fourth-order valence-electron chi connectivity index (χ4n) is 1.63. The van der Waals surface area contributed by atoms with Crippen molar-refractivity contribution in [3.05, 3.63) is 69.5 Å². The zero-order valence-electron chi connectivity index (χ0n) is 10.8. The van der Waals surface area contributed by atoms with E-state index in [1.54, 1.807) is 30.3 Å². The fraction of sp³-hybridized carbons (Fsp3) is 0. The number of nitro groups is 1. The van der Waals surface area contributed by atoms with Gasteiger partial charge in [-0.2, -0.15) is 0 Å². The molecule has 2 rings (SSSR count). The SMILES string of the molecule is N/C(=C\N(N)c1cccc(Cl)n1)c1cccc([N+](=O)[O-])c1. The van der Waals surface area contributed by atoms with Crippen LogP contribution in [0.15, 0.2) is 48.7 Å². The van der Waals surface area contributed by atoms with Gasteiger partial charge in [-0.25, -0.2) is 10.8 Å². The summed E-state index contributed by atoms with van der Waals surface area (Å²) in [6.45, 7) is 0. The topological polar surface area (TPSA) is 111 Å². The first-order chi connectivity index (χ1) is 9.97. The number of hydrazine groups is 1. The van der Waals surface area contributed by atoms with E-state index in [2.05, 4.69) is 4.98 Å². The molecule has 0 saturated carbocycles. The molecule has 0 spiro atoms. The van der Waals surface area contributed by atoms with Gasteiger partial charge < -0.3 is 5.73 Å². The molecular weight excluding hydrogens is 294 g/mol. The molecule has 7 nitrogen and oxygen atoms in total. The van der Waals surface area contributed by atoms with Crippen LogP contribution in [0.25, 0.3) is 5.70 Å². The molecule has 0 aliphatic carbocycles. The number of halogens is 1. The number of nitrogens with zero attached hydrogens (tertiary/aromatic N) is 3. The molecule has 2 aromatic rings. The van der Waals surface area contributed by atoms with E-state index >= 15 is 0 Å². The second-order valence-electron chi connectivity index (χ2n) is 4.12. The van der Waals surface area contributed by atoms with E-state index in [0.717, 1.165) is 0 Å². The highest BCUT2D eigenvalue weighted by Crippen LogP contribution is 2.18. The lowest BCUT2D eigenvalue weighted by atomic mass is 10.1. The third kappa shape index (κ3) is 3.68. The Kier molecular flexibility index (Phi) is 4.36. The van der Waals surface area contributed by atoms with Gasteiger partial charge in [0.15, 0.2) is 0 Å². The minimum atomic E-state index is -0.491. The molecule has 0 aliphatic rings. The lowest BCUT2D eigenvalue weighted by Gasteiger charge is -2.14. The van der Waals surface area contributed by atoms with Crippen molar-refractivity contribution in [3.63, 3.8) is 0 Å². The standard InChI is InChI=1S/C13H12ClN5O2/c14-12-5-2-6-13(17-12)18(16)8-11(15)9-3-1-4-10(7-9)19(20)21/h1-8H,15-16H2/b11-8-. The van der Waals surface area contributed by atoms with Crippen LogP contribution in [0.5, 0.6) is 0 Å². The lowest BCUT2D eigenvalue weighted by molar-refractivity contribution is -0.384. The Labute approximate surface area is 125 Å². The Bertz CT molecular complexity index is 704. The zero-order valence-corrected chi connectivity index (χ0v) is 11.6. The van der Waals surface area contributed by atoms with Gasteiger partial charge in [0.05, 0.1) is 10.6 Å².